The van der Waals surface area contributed by atoms with E-state index in [1.165, 1.54) is 0 Å². The predicted octanol–water partition coefficient (Wildman–Crippen LogP) is 6.39. The molecule has 1 saturated heterocycles. The molecule has 2 aromatic carbocycles. The topological polar surface area (TPSA) is 35.6 Å². The van der Waals surface area contributed by atoms with Crippen LogP contribution in [0, 0.1) is 5.41 Å². The summed E-state index contributed by atoms with van der Waals surface area (Å²) < 4.78 is 0. The number of nitrogens with zero attached hydrogens (tertiary/aromatic N) is 2. The summed E-state index contributed by atoms with van der Waals surface area (Å²) in [6.07, 6.45) is 1.67. The first-order chi connectivity index (χ1) is 14.7. The number of benzene rings is 2. The van der Waals surface area contributed by atoms with E-state index in [1.807, 2.05) is 42.2 Å². The van der Waals surface area contributed by atoms with E-state index in [4.69, 9.17) is 23.2 Å². The number of nitrogens with one attached hydrogen (secondary N) is 1. The van der Waals surface area contributed by atoms with Crippen LogP contribution in [-0.4, -0.2) is 42.0 Å². The van der Waals surface area contributed by atoms with Crippen LogP contribution in [-0.2, 0) is 6.54 Å². The van der Waals surface area contributed by atoms with Crippen molar-refractivity contribution in [1.82, 2.24) is 15.1 Å². The van der Waals surface area contributed by atoms with E-state index in [-0.39, 0.29) is 23.5 Å². The second-order valence-corrected chi connectivity index (χ2v) is 9.98. The largest absolute Gasteiger partial charge is 0.331 e. The smallest absolute Gasteiger partial charge is 0.318 e. The first kappa shape index (κ1) is 23.9. The van der Waals surface area contributed by atoms with Crippen LogP contribution in [0.2, 0.25) is 10.0 Å². The summed E-state index contributed by atoms with van der Waals surface area (Å²) in [5, 5.41) is 4.26. The SMILES string of the molecule is CCC(NC(=O)N(Cc1ccccc1)C1CCN(C)CC1(C)C)c1cccc(Cl)c1Cl. The fourth-order valence-corrected chi connectivity index (χ4v) is 5.16. The highest BCUT2D eigenvalue weighted by atomic mass is 35.5. The van der Waals surface area contributed by atoms with E-state index >= 15 is 0 Å². The molecule has 1 N–H and O–H groups in total. The zero-order valence-corrected chi connectivity index (χ0v) is 20.4. The molecule has 0 aromatic heterocycles. The van der Waals surface area contributed by atoms with Gasteiger partial charge in [-0.1, -0.05) is 86.4 Å². The average Bonchev–Trinajstić information content (AvgIpc) is 2.73. The minimum Gasteiger partial charge on any atom is -0.331 e. The Kier molecular flexibility index (Phi) is 7.90. The first-order valence-corrected chi connectivity index (χ1v) is 11.7. The molecule has 1 heterocycles. The van der Waals surface area contributed by atoms with Crippen molar-refractivity contribution >= 4 is 29.2 Å². The van der Waals surface area contributed by atoms with Crippen molar-refractivity contribution in [2.45, 2.75) is 52.2 Å². The molecule has 0 saturated carbocycles. The van der Waals surface area contributed by atoms with Gasteiger partial charge in [-0.2, -0.15) is 0 Å². The van der Waals surface area contributed by atoms with E-state index < -0.39 is 0 Å². The summed E-state index contributed by atoms with van der Waals surface area (Å²) in [6, 6.07) is 15.6. The number of rotatable bonds is 6. The van der Waals surface area contributed by atoms with Crippen molar-refractivity contribution < 1.29 is 4.79 Å². The minimum absolute atomic E-state index is 0.0193. The average molecular weight is 462 g/mol. The molecule has 2 unspecified atom stereocenters. The van der Waals surface area contributed by atoms with Gasteiger partial charge in [-0.3, -0.25) is 0 Å². The number of urea groups is 1. The molecule has 2 aromatic rings. The summed E-state index contributed by atoms with van der Waals surface area (Å²) in [7, 11) is 2.15. The number of halogens is 2. The maximum Gasteiger partial charge on any atom is 0.318 e. The summed E-state index contributed by atoms with van der Waals surface area (Å²) in [5.41, 5.74) is 1.96. The van der Waals surface area contributed by atoms with Crippen LogP contribution in [0.1, 0.15) is 50.8 Å². The van der Waals surface area contributed by atoms with E-state index in [0.29, 0.717) is 16.6 Å². The predicted molar refractivity (Wildman–Crippen MR) is 130 cm³/mol. The third-order valence-corrected chi connectivity index (χ3v) is 7.09. The molecular formula is C25H33Cl2N3O. The Balaban J connectivity index is 1.88. The molecule has 168 valence electrons. The number of piperidine rings is 1. The minimum atomic E-state index is -0.202. The van der Waals surface area contributed by atoms with Crippen LogP contribution < -0.4 is 5.32 Å². The number of carbonyl (C=O) groups excluding carboxylic acids is 1. The third-order valence-electron chi connectivity index (χ3n) is 6.26. The van der Waals surface area contributed by atoms with E-state index in [0.717, 1.165) is 37.1 Å². The summed E-state index contributed by atoms with van der Waals surface area (Å²) in [6.45, 7) is 9.05. The van der Waals surface area contributed by atoms with Crippen molar-refractivity contribution in [3.8, 4) is 0 Å². The van der Waals surface area contributed by atoms with Gasteiger partial charge in [0.2, 0.25) is 0 Å². The summed E-state index contributed by atoms with van der Waals surface area (Å²) >= 11 is 12.7. The van der Waals surface area contributed by atoms with Crippen molar-refractivity contribution in [1.29, 1.82) is 0 Å². The molecule has 0 aliphatic carbocycles. The first-order valence-electron chi connectivity index (χ1n) is 11.0. The van der Waals surface area contributed by atoms with Gasteiger partial charge in [0.15, 0.2) is 0 Å². The lowest BCUT2D eigenvalue weighted by Crippen LogP contribution is -2.58. The van der Waals surface area contributed by atoms with Gasteiger partial charge in [0.05, 0.1) is 16.1 Å². The second-order valence-electron chi connectivity index (χ2n) is 9.20. The van der Waals surface area contributed by atoms with Gasteiger partial charge >= 0.3 is 6.03 Å². The molecule has 1 aliphatic heterocycles. The standard InChI is InChI=1S/C25H33Cl2N3O/c1-5-21(19-12-9-13-20(26)23(19)27)28-24(31)30(16-18-10-7-6-8-11-18)22-14-15-29(4)17-25(22,2)3/h6-13,21-22H,5,14-17H2,1-4H3,(H,28,31). The fraction of sp³-hybridized carbons (Fsp3) is 0.480. The molecule has 6 heteroatoms. The van der Waals surface area contributed by atoms with Crippen molar-refractivity contribution in [2.24, 2.45) is 5.41 Å². The molecule has 3 rings (SSSR count). The Morgan fingerprint density at radius 2 is 1.90 bits per heavy atom. The summed E-state index contributed by atoms with van der Waals surface area (Å²) in [4.78, 5) is 18.0. The highest BCUT2D eigenvalue weighted by molar-refractivity contribution is 6.42. The van der Waals surface area contributed by atoms with Gasteiger partial charge in [0.25, 0.3) is 0 Å². The fourth-order valence-electron chi connectivity index (χ4n) is 4.72. The van der Waals surface area contributed by atoms with Crippen molar-refractivity contribution in [3.05, 3.63) is 69.7 Å². The van der Waals surface area contributed by atoms with Crippen LogP contribution >= 0.6 is 23.2 Å². The monoisotopic (exact) mass is 461 g/mol. The molecular weight excluding hydrogens is 429 g/mol. The normalized spacial score (nSPS) is 19.6. The van der Waals surface area contributed by atoms with Gasteiger partial charge in [-0.25, -0.2) is 4.79 Å². The molecule has 4 nitrogen and oxygen atoms in total. The summed E-state index contributed by atoms with van der Waals surface area (Å²) in [5.74, 6) is 0. The van der Waals surface area contributed by atoms with Gasteiger partial charge in [0.1, 0.15) is 0 Å². The van der Waals surface area contributed by atoms with Gasteiger partial charge in [-0.05, 0) is 49.0 Å². The van der Waals surface area contributed by atoms with Crippen LogP contribution in [0.5, 0.6) is 0 Å². The molecule has 1 aliphatic rings. The molecule has 1 fully saturated rings. The van der Waals surface area contributed by atoms with Crippen molar-refractivity contribution in [2.75, 3.05) is 20.1 Å². The lowest BCUT2D eigenvalue weighted by atomic mass is 9.78. The molecule has 0 bridgehead atoms. The van der Waals surface area contributed by atoms with Crippen LogP contribution in [0.3, 0.4) is 0 Å². The Morgan fingerprint density at radius 3 is 2.55 bits per heavy atom. The number of likely N-dealkylation sites (tertiary alicyclic amines) is 1. The quantitative estimate of drug-likeness (QED) is 0.540. The third kappa shape index (κ3) is 5.74. The van der Waals surface area contributed by atoms with Crippen LogP contribution in [0.15, 0.2) is 48.5 Å². The molecule has 0 radical (unpaired) electrons. The zero-order valence-electron chi connectivity index (χ0n) is 18.9. The highest BCUT2D eigenvalue weighted by Gasteiger charge is 2.40. The maximum atomic E-state index is 13.7. The number of amides is 2. The molecule has 2 atom stereocenters. The number of carbonyl (C=O) groups is 1. The van der Waals surface area contributed by atoms with Crippen molar-refractivity contribution in [3.63, 3.8) is 0 Å². The maximum absolute atomic E-state index is 13.7. The Labute approximate surface area is 196 Å². The van der Waals surface area contributed by atoms with Gasteiger partial charge in [0, 0.05) is 19.1 Å². The molecule has 0 spiro atoms. The molecule has 31 heavy (non-hydrogen) atoms. The van der Waals surface area contributed by atoms with Crippen LogP contribution in [0.25, 0.3) is 0 Å². The van der Waals surface area contributed by atoms with Gasteiger partial charge in [-0.15, -0.1) is 0 Å². The number of hydrogen-bond donors (Lipinski definition) is 1. The zero-order chi connectivity index (χ0) is 22.6. The lowest BCUT2D eigenvalue weighted by Gasteiger charge is -2.48. The van der Waals surface area contributed by atoms with E-state index in [1.54, 1.807) is 6.07 Å². The number of hydrogen-bond acceptors (Lipinski definition) is 2. The van der Waals surface area contributed by atoms with E-state index in [9.17, 15) is 4.79 Å². The van der Waals surface area contributed by atoms with Gasteiger partial charge < -0.3 is 15.1 Å². The van der Waals surface area contributed by atoms with E-state index in [2.05, 4.69) is 43.2 Å². The lowest BCUT2D eigenvalue weighted by molar-refractivity contribution is 0.0298. The Morgan fingerprint density at radius 1 is 1.19 bits per heavy atom. The highest BCUT2D eigenvalue weighted by Crippen LogP contribution is 2.35. The van der Waals surface area contributed by atoms with Crippen LogP contribution in [0.4, 0.5) is 4.79 Å². The molecule has 2 amide bonds. The Hall–Kier alpha value is -1.75. The Bertz CT molecular complexity index is 888. The second kappa shape index (κ2) is 10.2.